The van der Waals surface area contributed by atoms with Gasteiger partial charge in [0.15, 0.2) is 5.78 Å². The molecule has 1 atom stereocenters. The van der Waals surface area contributed by atoms with E-state index in [-0.39, 0.29) is 5.78 Å². The summed E-state index contributed by atoms with van der Waals surface area (Å²) < 4.78 is 10.7. The molecule has 30 heavy (non-hydrogen) atoms. The number of hydrogen-bond donors (Lipinski definition) is 2. The summed E-state index contributed by atoms with van der Waals surface area (Å²) in [6.07, 6.45) is 1.73. The van der Waals surface area contributed by atoms with Crippen molar-refractivity contribution in [2.24, 2.45) is 0 Å². The molecule has 152 valence electrons. The Balaban J connectivity index is 1.76. The Labute approximate surface area is 174 Å². The number of nitrogens with zero attached hydrogens (tertiary/aromatic N) is 1. The number of nitrogens with one attached hydrogen (secondary N) is 2. The van der Waals surface area contributed by atoms with Crippen LogP contribution in [0.1, 0.15) is 27.7 Å². The molecule has 0 saturated heterocycles. The number of benzene rings is 2. The van der Waals surface area contributed by atoms with Crippen LogP contribution in [0, 0.1) is 6.92 Å². The van der Waals surface area contributed by atoms with Gasteiger partial charge >= 0.3 is 0 Å². The molecule has 0 bridgehead atoms. The molecule has 2 N–H and O–H groups in total. The van der Waals surface area contributed by atoms with Crippen molar-refractivity contribution in [3.63, 3.8) is 0 Å². The maximum Gasteiger partial charge on any atom is 0.191 e. The van der Waals surface area contributed by atoms with Gasteiger partial charge in [0, 0.05) is 46.7 Å². The summed E-state index contributed by atoms with van der Waals surface area (Å²) in [5.74, 6) is 1.23. The molecule has 1 unspecified atom stereocenters. The number of ether oxygens (including phenoxy) is 2. The van der Waals surface area contributed by atoms with Crippen LogP contribution in [-0.4, -0.2) is 30.0 Å². The highest BCUT2D eigenvalue weighted by atomic mass is 16.5. The molecule has 0 fully saturated rings. The number of pyridine rings is 1. The molecule has 6 nitrogen and oxygen atoms in total. The first-order chi connectivity index (χ1) is 14.6. The highest BCUT2D eigenvalue weighted by Crippen LogP contribution is 2.31. The van der Waals surface area contributed by atoms with Crippen LogP contribution in [0.5, 0.6) is 11.5 Å². The maximum absolute atomic E-state index is 13.6. The fourth-order valence-corrected chi connectivity index (χ4v) is 3.46. The SMILES string of the molecule is COc1cc(NC(C(=O)c2c[nH]c3nc(C)ccc23)c2ccccc2)cc(OC)c1. The second-order valence-corrected chi connectivity index (χ2v) is 7.00. The molecular formula is C24H23N3O3. The third-order valence-corrected chi connectivity index (χ3v) is 5.00. The molecule has 0 aliphatic rings. The minimum atomic E-state index is -0.594. The average Bonchev–Trinajstić information content (AvgIpc) is 3.20. The van der Waals surface area contributed by atoms with Crippen molar-refractivity contribution < 1.29 is 14.3 Å². The Kier molecular flexibility index (Phi) is 5.39. The zero-order valence-electron chi connectivity index (χ0n) is 17.1. The predicted octanol–water partition coefficient (Wildman–Crippen LogP) is 4.92. The second kappa shape index (κ2) is 8.29. The third-order valence-electron chi connectivity index (χ3n) is 5.00. The van der Waals surface area contributed by atoms with Gasteiger partial charge in [-0.3, -0.25) is 4.79 Å². The lowest BCUT2D eigenvalue weighted by Crippen LogP contribution is -2.21. The van der Waals surface area contributed by atoms with Crippen molar-refractivity contribution in [2.75, 3.05) is 19.5 Å². The number of methoxy groups -OCH3 is 2. The first-order valence-electron chi connectivity index (χ1n) is 9.62. The minimum absolute atomic E-state index is 0.0557. The Bertz CT molecular complexity index is 1160. The van der Waals surface area contributed by atoms with Gasteiger partial charge < -0.3 is 19.8 Å². The molecule has 4 rings (SSSR count). The van der Waals surface area contributed by atoms with E-state index in [4.69, 9.17) is 9.47 Å². The van der Waals surface area contributed by atoms with E-state index in [0.29, 0.717) is 22.7 Å². The first-order valence-corrected chi connectivity index (χ1v) is 9.62. The second-order valence-electron chi connectivity index (χ2n) is 7.00. The lowest BCUT2D eigenvalue weighted by Gasteiger charge is -2.20. The van der Waals surface area contributed by atoms with Crippen molar-refractivity contribution >= 4 is 22.5 Å². The number of Topliss-reactive ketones (excluding diaryl/α,β-unsaturated/α-hetero) is 1. The van der Waals surface area contributed by atoms with Crippen molar-refractivity contribution in [2.45, 2.75) is 13.0 Å². The normalized spacial score (nSPS) is 11.8. The number of carbonyl (C=O) groups excluding carboxylic acids is 1. The first kappa shape index (κ1) is 19.5. The smallest absolute Gasteiger partial charge is 0.191 e. The molecule has 2 heterocycles. The summed E-state index contributed by atoms with van der Waals surface area (Å²) in [6, 6.07) is 18.3. The molecule has 4 aromatic rings. The van der Waals surface area contributed by atoms with E-state index in [0.717, 1.165) is 22.3 Å². The summed E-state index contributed by atoms with van der Waals surface area (Å²) in [5.41, 5.74) is 3.77. The number of anilines is 1. The largest absolute Gasteiger partial charge is 0.497 e. The van der Waals surface area contributed by atoms with Crippen LogP contribution >= 0.6 is 0 Å². The van der Waals surface area contributed by atoms with Crippen LogP contribution < -0.4 is 14.8 Å². The third kappa shape index (κ3) is 3.85. The summed E-state index contributed by atoms with van der Waals surface area (Å²) in [6.45, 7) is 1.92. The number of hydrogen-bond acceptors (Lipinski definition) is 5. The number of aromatic nitrogens is 2. The van der Waals surface area contributed by atoms with Gasteiger partial charge in [0.1, 0.15) is 23.2 Å². The highest BCUT2D eigenvalue weighted by molar-refractivity contribution is 6.11. The van der Waals surface area contributed by atoms with E-state index in [9.17, 15) is 4.79 Å². The van der Waals surface area contributed by atoms with E-state index in [1.165, 1.54) is 0 Å². The molecule has 0 aliphatic carbocycles. The average molecular weight is 401 g/mol. The number of fused-ring (bicyclic) bond motifs is 1. The molecule has 0 aliphatic heterocycles. The highest BCUT2D eigenvalue weighted by Gasteiger charge is 2.25. The number of aryl methyl sites for hydroxylation is 1. The van der Waals surface area contributed by atoms with Gasteiger partial charge in [0.25, 0.3) is 0 Å². The molecule has 6 heteroatoms. The number of carbonyl (C=O) groups is 1. The molecular weight excluding hydrogens is 378 g/mol. The fraction of sp³-hybridized carbons (Fsp3) is 0.167. The molecule has 2 aromatic heterocycles. The topological polar surface area (TPSA) is 76.2 Å². The van der Waals surface area contributed by atoms with Crippen LogP contribution in [0.15, 0.2) is 66.9 Å². The van der Waals surface area contributed by atoms with E-state index in [1.807, 2.05) is 61.5 Å². The molecule has 0 spiro atoms. The van der Waals surface area contributed by atoms with Crippen molar-refractivity contribution in [3.05, 3.63) is 83.7 Å². The molecule has 0 radical (unpaired) electrons. The van der Waals surface area contributed by atoms with Gasteiger partial charge in [-0.2, -0.15) is 0 Å². The van der Waals surface area contributed by atoms with E-state index >= 15 is 0 Å². The van der Waals surface area contributed by atoms with Gasteiger partial charge in [-0.1, -0.05) is 30.3 Å². The number of aromatic amines is 1. The van der Waals surface area contributed by atoms with Crippen molar-refractivity contribution in [1.82, 2.24) is 9.97 Å². The fourth-order valence-electron chi connectivity index (χ4n) is 3.46. The Morgan fingerprint density at radius 2 is 1.70 bits per heavy atom. The minimum Gasteiger partial charge on any atom is -0.497 e. The lowest BCUT2D eigenvalue weighted by molar-refractivity contribution is 0.0971. The van der Waals surface area contributed by atoms with E-state index in [1.54, 1.807) is 26.5 Å². The summed E-state index contributed by atoms with van der Waals surface area (Å²) in [4.78, 5) is 21.2. The quantitative estimate of drug-likeness (QED) is 0.430. The van der Waals surface area contributed by atoms with Crippen LogP contribution in [0.3, 0.4) is 0 Å². The van der Waals surface area contributed by atoms with Crippen LogP contribution in [-0.2, 0) is 0 Å². The maximum atomic E-state index is 13.6. The van der Waals surface area contributed by atoms with Gasteiger partial charge in [0.2, 0.25) is 0 Å². The monoisotopic (exact) mass is 401 g/mol. The number of rotatable bonds is 7. The predicted molar refractivity (Wildman–Crippen MR) is 118 cm³/mol. The zero-order valence-corrected chi connectivity index (χ0v) is 17.1. The van der Waals surface area contributed by atoms with Gasteiger partial charge in [-0.05, 0) is 24.6 Å². The Hall–Kier alpha value is -3.80. The summed E-state index contributed by atoms with van der Waals surface area (Å²) in [5, 5.41) is 4.17. The molecule has 0 saturated carbocycles. The van der Waals surface area contributed by atoms with E-state index in [2.05, 4.69) is 15.3 Å². The Morgan fingerprint density at radius 1 is 1.00 bits per heavy atom. The zero-order chi connectivity index (χ0) is 21.1. The van der Waals surface area contributed by atoms with Crippen LogP contribution in [0.25, 0.3) is 11.0 Å². The van der Waals surface area contributed by atoms with Gasteiger partial charge in [-0.15, -0.1) is 0 Å². The summed E-state index contributed by atoms with van der Waals surface area (Å²) in [7, 11) is 3.19. The Morgan fingerprint density at radius 3 is 2.37 bits per heavy atom. The van der Waals surface area contributed by atoms with Crippen LogP contribution in [0.2, 0.25) is 0 Å². The van der Waals surface area contributed by atoms with Gasteiger partial charge in [-0.25, -0.2) is 4.98 Å². The summed E-state index contributed by atoms with van der Waals surface area (Å²) >= 11 is 0. The lowest BCUT2D eigenvalue weighted by atomic mass is 9.97. The van der Waals surface area contributed by atoms with Crippen LogP contribution in [0.4, 0.5) is 5.69 Å². The molecule has 0 amide bonds. The standard InChI is InChI=1S/C24H23N3O3/c1-15-9-10-20-21(14-25-24(20)26-15)23(28)22(16-7-5-4-6-8-16)27-17-11-18(29-2)13-19(12-17)30-3/h4-14,22,27H,1-3H3,(H,25,26). The molecule has 2 aromatic carbocycles. The van der Waals surface area contributed by atoms with Crippen molar-refractivity contribution in [3.8, 4) is 11.5 Å². The van der Waals surface area contributed by atoms with Crippen molar-refractivity contribution in [1.29, 1.82) is 0 Å². The van der Waals surface area contributed by atoms with E-state index < -0.39 is 6.04 Å². The number of ketones is 1. The van der Waals surface area contributed by atoms with Gasteiger partial charge in [0.05, 0.1) is 14.2 Å². The number of H-pyrrole nitrogens is 1.